The molecule has 0 aliphatic heterocycles. The van der Waals surface area contributed by atoms with Crippen molar-refractivity contribution in [1.82, 2.24) is 4.98 Å². The van der Waals surface area contributed by atoms with Gasteiger partial charge >= 0.3 is 0 Å². The molecule has 24 heavy (non-hydrogen) atoms. The van der Waals surface area contributed by atoms with E-state index < -0.39 is 15.8 Å². The second-order valence-corrected chi connectivity index (χ2v) is 7.61. The third-order valence-corrected chi connectivity index (χ3v) is 5.54. The van der Waals surface area contributed by atoms with Crippen LogP contribution in [0, 0.1) is 18.7 Å². The summed E-state index contributed by atoms with van der Waals surface area (Å²) in [6, 6.07) is 8.78. The van der Waals surface area contributed by atoms with Crippen molar-refractivity contribution in [1.29, 1.82) is 0 Å². The van der Waals surface area contributed by atoms with Gasteiger partial charge in [-0.15, -0.1) is 0 Å². The summed E-state index contributed by atoms with van der Waals surface area (Å²) < 4.78 is 46.3. The molecule has 1 aromatic carbocycles. The molecular weight excluding hydrogens is 331 g/mol. The second-order valence-electron chi connectivity index (χ2n) is 5.96. The van der Waals surface area contributed by atoms with E-state index in [-0.39, 0.29) is 16.8 Å². The van der Waals surface area contributed by atoms with Crippen LogP contribution in [0.3, 0.4) is 0 Å². The molecule has 0 radical (unpaired) electrons. The Balaban J connectivity index is 1.88. The first-order valence-electron chi connectivity index (χ1n) is 7.69. The number of halogens is 1. The SMILES string of the molecule is COC(c1cccc(NS(=O)(=O)c2cc(F)ccc2C)n1)C1CC1. The number of aromatic nitrogens is 1. The molecule has 2 aromatic rings. The molecule has 1 aromatic heterocycles. The average molecular weight is 350 g/mol. The van der Waals surface area contributed by atoms with Crippen LogP contribution in [0.1, 0.15) is 30.2 Å². The van der Waals surface area contributed by atoms with Crippen LogP contribution in [0.2, 0.25) is 0 Å². The first kappa shape index (κ1) is 16.9. The van der Waals surface area contributed by atoms with E-state index in [2.05, 4.69) is 9.71 Å². The smallest absolute Gasteiger partial charge is 0.263 e. The highest BCUT2D eigenvalue weighted by Crippen LogP contribution is 2.42. The lowest BCUT2D eigenvalue weighted by Crippen LogP contribution is -2.16. The summed E-state index contributed by atoms with van der Waals surface area (Å²) in [6.07, 6.45) is 2.03. The lowest BCUT2D eigenvalue weighted by Gasteiger charge is -2.15. The van der Waals surface area contributed by atoms with E-state index in [0.29, 0.717) is 17.2 Å². The third kappa shape index (κ3) is 3.57. The zero-order valence-electron chi connectivity index (χ0n) is 13.5. The number of benzene rings is 1. The van der Waals surface area contributed by atoms with E-state index in [4.69, 9.17) is 4.74 Å². The molecule has 1 aliphatic rings. The van der Waals surface area contributed by atoms with Gasteiger partial charge in [0.2, 0.25) is 0 Å². The summed E-state index contributed by atoms with van der Waals surface area (Å²) in [5.74, 6) is 0.0227. The van der Waals surface area contributed by atoms with Crippen molar-refractivity contribution in [3.63, 3.8) is 0 Å². The number of hydrogen-bond acceptors (Lipinski definition) is 4. The van der Waals surface area contributed by atoms with E-state index in [1.165, 1.54) is 12.1 Å². The zero-order chi connectivity index (χ0) is 17.3. The van der Waals surface area contributed by atoms with Gasteiger partial charge in [-0.25, -0.2) is 17.8 Å². The summed E-state index contributed by atoms with van der Waals surface area (Å²) in [4.78, 5) is 4.26. The number of aryl methyl sites for hydroxylation is 1. The monoisotopic (exact) mass is 350 g/mol. The molecule has 0 spiro atoms. The Kier molecular flexibility index (Phi) is 4.56. The zero-order valence-corrected chi connectivity index (χ0v) is 14.3. The Labute approximate surface area is 140 Å². The number of nitrogens with one attached hydrogen (secondary N) is 1. The van der Waals surface area contributed by atoms with Crippen LogP contribution in [0.4, 0.5) is 10.2 Å². The number of ether oxygens (including phenoxy) is 1. The molecule has 3 rings (SSSR count). The Morgan fingerprint density at radius 2 is 2.04 bits per heavy atom. The van der Waals surface area contributed by atoms with Crippen molar-refractivity contribution >= 4 is 15.8 Å². The quantitative estimate of drug-likeness (QED) is 0.867. The first-order valence-corrected chi connectivity index (χ1v) is 9.18. The Hall–Kier alpha value is -1.99. The van der Waals surface area contributed by atoms with Gasteiger partial charge in [0, 0.05) is 7.11 Å². The maximum absolute atomic E-state index is 13.4. The standard InChI is InChI=1S/C17H19FN2O3S/c1-11-6-9-13(18)10-15(11)24(21,22)20-16-5-3-4-14(19-16)17(23-2)12-7-8-12/h3-6,9-10,12,17H,7-8H2,1-2H3,(H,19,20). The maximum Gasteiger partial charge on any atom is 0.263 e. The molecule has 1 saturated carbocycles. The van der Waals surface area contributed by atoms with Crippen LogP contribution in [-0.2, 0) is 14.8 Å². The fraction of sp³-hybridized carbons (Fsp3) is 0.353. The van der Waals surface area contributed by atoms with Gasteiger partial charge in [-0.2, -0.15) is 0 Å². The highest BCUT2D eigenvalue weighted by atomic mass is 32.2. The maximum atomic E-state index is 13.4. The molecule has 1 fully saturated rings. The number of anilines is 1. The van der Waals surface area contributed by atoms with E-state index in [0.717, 1.165) is 18.9 Å². The van der Waals surface area contributed by atoms with Crippen molar-refractivity contribution in [3.05, 3.63) is 53.5 Å². The Morgan fingerprint density at radius 1 is 1.29 bits per heavy atom. The van der Waals surface area contributed by atoms with Crippen LogP contribution >= 0.6 is 0 Å². The lowest BCUT2D eigenvalue weighted by molar-refractivity contribution is 0.0812. The normalized spacial score (nSPS) is 16.0. The van der Waals surface area contributed by atoms with Crippen LogP contribution in [0.5, 0.6) is 0 Å². The molecule has 0 amide bonds. The van der Waals surface area contributed by atoms with E-state index in [1.54, 1.807) is 26.2 Å². The Morgan fingerprint density at radius 3 is 2.71 bits per heavy atom. The van der Waals surface area contributed by atoms with Gasteiger partial charge in [-0.1, -0.05) is 12.1 Å². The lowest BCUT2D eigenvalue weighted by atomic mass is 10.1. The highest BCUT2D eigenvalue weighted by molar-refractivity contribution is 7.92. The minimum absolute atomic E-state index is 0.0970. The molecule has 0 saturated heterocycles. The summed E-state index contributed by atoms with van der Waals surface area (Å²) in [6.45, 7) is 1.62. The van der Waals surface area contributed by atoms with Crippen molar-refractivity contribution in [2.75, 3.05) is 11.8 Å². The summed E-state index contributed by atoms with van der Waals surface area (Å²) >= 11 is 0. The van der Waals surface area contributed by atoms with Gasteiger partial charge in [0.05, 0.1) is 10.6 Å². The molecule has 1 heterocycles. The predicted octanol–water partition coefficient (Wildman–Crippen LogP) is 3.43. The summed E-state index contributed by atoms with van der Waals surface area (Å²) in [7, 11) is -2.29. The van der Waals surface area contributed by atoms with Crippen molar-refractivity contribution in [2.24, 2.45) is 5.92 Å². The largest absolute Gasteiger partial charge is 0.375 e. The molecule has 0 bridgehead atoms. The molecule has 1 aliphatic carbocycles. The van der Waals surface area contributed by atoms with Gasteiger partial charge < -0.3 is 4.74 Å². The number of hydrogen-bond donors (Lipinski definition) is 1. The minimum atomic E-state index is -3.91. The van der Waals surface area contributed by atoms with Crippen molar-refractivity contribution in [2.45, 2.75) is 30.8 Å². The number of sulfonamides is 1. The molecule has 1 unspecified atom stereocenters. The fourth-order valence-corrected chi connectivity index (χ4v) is 3.94. The van der Waals surface area contributed by atoms with Gasteiger partial charge in [0.15, 0.2) is 0 Å². The number of pyridine rings is 1. The van der Waals surface area contributed by atoms with E-state index in [1.807, 2.05) is 6.07 Å². The fourth-order valence-electron chi connectivity index (χ4n) is 2.68. The number of nitrogens with zero attached hydrogens (tertiary/aromatic N) is 1. The van der Waals surface area contributed by atoms with Crippen molar-refractivity contribution < 1.29 is 17.5 Å². The van der Waals surface area contributed by atoms with Crippen molar-refractivity contribution in [3.8, 4) is 0 Å². The molecule has 5 nitrogen and oxygen atoms in total. The average Bonchev–Trinajstić information content (AvgIpc) is 3.35. The van der Waals surface area contributed by atoms with Crippen LogP contribution in [-0.4, -0.2) is 20.5 Å². The van der Waals surface area contributed by atoms with E-state index in [9.17, 15) is 12.8 Å². The predicted molar refractivity (Wildman–Crippen MR) is 88.7 cm³/mol. The van der Waals surface area contributed by atoms with Gasteiger partial charge in [-0.3, -0.25) is 4.72 Å². The number of methoxy groups -OCH3 is 1. The van der Waals surface area contributed by atoms with Crippen LogP contribution in [0.25, 0.3) is 0 Å². The van der Waals surface area contributed by atoms with Gasteiger partial charge in [-0.05, 0) is 55.5 Å². The molecule has 128 valence electrons. The van der Waals surface area contributed by atoms with Crippen LogP contribution in [0.15, 0.2) is 41.3 Å². The summed E-state index contributed by atoms with van der Waals surface area (Å²) in [5.41, 5.74) is 1.16. The molecule has 1 N–H and O–H groups in total. The molecule has 7 heteroatoms. The summed E-state index contributed by atoms with van der Waals surface area (Å²) in [5, 5.41) is 0. The second kappa shape index (κ2) is 6.49. The highest BCUT2D eigenvalue weighted by Gasteiger charge is 2.33. The molecule has 1 atom stereocenters. The minimum Gasteiger partial charge on any atom is -0.375 e. The van der Waals surface area contributed by atoms with Crippen LogP contribution < -0.4 is 4.72 Å². The van der Waals surface area contributed by atoms with Gasteiger partial charge in [0.25, 0.3) is 10.0 Å². The number of rotatable bonds is 6. The third-order valence-electron chi connectivity index (χ3n) is 4.04. The first-order chi connectivity index (χ1) is 11.4. The van der Waals surface area contributed by atoms with Gasteiger partial charge in [0.1, 0.15) is 17.7 Å². The molecular formula is C17H19FN2O3S. The topological polar surface area (TPSA) is 68.3 Å². The Bertz CT molecular complexity index is 851. The van der Waals surface area contributed by atoms with E-state index >= 15 is 0 Å².